The maximum Gasteiger partial charge on any atom is 0.148 e. The molecule has 1 aliphatic rings. The Balaban J connectivity index is 2.42. The molecule has 102 valence electrons. The SMILES string of the molecule is CC(C)NCC1CCCCN1CCS(C)(=O)=O. The van der Waals surface area contributed by atoms with Gasteiger partial charge in [0.25, 0.3) is 0 Å². The zero-order valence-corrected chi connectivity index (χ0v) is 12.1. The molecule has 0 aromatic carbocycles. The van der Waals surface area contributed by atoms with E-state index in [4.69, 9.17) is 0 Å². The molecule has 17 heavy (non-hydrogen) atoms. The predicted octanol–water partition coefficient (Wildman–Crippen LogP) is 0.884. The summed E-state index contributed by atoms with van der Waals surface area (Å²) in [7, 11) is -2.84. The van der Waals surface area contributed by atoms with Crippen molar-refractivity contribution in [2.45, 2.75) is 45.2 Å². The van der Waals surface area contributed by atoms with Crippen LogP contribution in [-0.4, -0.2) is 57.0 Å². The Morgan fingerprint density at radius 1 is 1.35 bits per heavy atom. The first-order valence-corrected chi connectivity index (χ1v) is 8.59. The summed E-state index contributed by atoms with van der Waals surface area (Å²) in [5, 5.41) is 3.45. The van der Waals surface area contributed by atoms with Crippen LogP contribution in [0.3, 0.4) is 0 Å². The lowest BCUT2D eigenvalue weighted by molar-refractivity contribution is 0.152. The molecule has 0 aliphatic carbocycles. The minimum Gasteiger partial charge on any atom is -0.313 e. The lowest BCUT2D eigenvalue weighted by Crippen LogP contribution is -2.48. The molecule has 0 aromatic heterocycles. The van der Waals surface area contributed by atoms with Crippen LogP contribution in [-0.2, 0) is 9.84 Å². The number of nitrogens with zero attached hydrogens (tertiary/aromatic N) is 1. The first-order chi connectivity index (χ1) is 7.88. The molecule has 5 heteroatoms. The molecule has 4 nitrogen and oxygen atoms in total. The maximum absolute atomic E-state index is 11.2. The van der Waals surface area contributed by atoms with E-state index in [0.29, 0.717) is 18.6 Å². The number of hydrogen-bond acceptors (Lipinski definition) is 4. The molecule has 1 heterocycles. The molecule has 1 aliphatic heterocycles. The van der Waals surface area contributed by atoms with Gasteiger partial charge < -0.3 is 5.32 Å². The first kappa shape index (κ1) is 14.9. The van der Waals surface area contributed by atoms with Gasteiger partial charge in [-0.2, -0.15) is 0 Å². The third-order valence-corrected chi connectivity index (χ3v) is 4.18. The van der Waals surface area contributed by atoms with Crippen molar-refractivity contribution in [3.63, 3.8) is 0 Å². The van der Waals surface area contributed by atoms with Crippen LogP contribution in [0.15, 0.2) is 0 Å². The zero-order valence-electron chi connectivity index (χ0n) is 11.3. The quantitative estimate of drug-likeness (QED) is 0.772. The third-order valence-electron chi connectivity index (χ3n) is 3.26. The Morgan fingerprint density at radius 2 is 2.06 bits per heavy atom. The highest BCUT2D eigenvalue weighted by Crippen LogP contribution is 2.16. The first-order valence-electron chi connectivity index (χ1n) is 6.53. The summed E-state index contributed by atoms with van der Waals surface area (Å²) < 4.78 is 22.4. The molecular formula is C12H26N2O2S. The molecule has 1 N–H and O–H groups in total. The smallest absolute Gasteiger partial charge is 0.148 e. The van der Waals surface area contributed by atoms with Crippen LogP contribution in [0.25, 0.3) is 0 Å². The van der Waals surface area contributed by atoms with E-state index < -0.39 is 9.84 Å². The number of piperidine rings is 1. The Bertz CT molecular complexity index is 314. The zero-order chi connectivity index (χ0) is 12.9. The minimum atomic E-state index is -2.84. The van der Waals surface area contributed by atoms with Crippen LogP contribution in [0.4, 0.5) is 0 Å². The molecular weight excluding hydrogens is 236 g/mol. The van der Waals surface area contributed by atoms with Gasteiger partial charge in [0.1, 0.15) is 9.84 Å². The highest BCUT2D eigenvalue weighted by Gasteiger charge is 2.22. The molecule has 1 rings (SSSR count). The Labute approximate surface area is 106 Å². The van der Waals surface area contributed by atoms with E-state index in [1.165, 1.54) is 25.5 Å². The van der Waals surface area contributed by atoms with Crippen LogP contribution in [0.5, 0.6) is 0 Å². The van der Waals surface area contributed by atoms with E-state index >= 15 is 0 Å². The van der Waals surface area contributed by atoms with E-state index in [-0.39, 0.29) is 5.75 Å². The standard InChI is InChI=1S/C12H26N2O2S/c1-11(2)13-10-12-6-4-5-7-14(12)8-9-17(3,15)16/h11-13H,4-10H2,1-3H3. The largest absolute Gasteiger partial charge is 0.313 e. The van der Waals surface area contributed by atoms with E-state index in [1.807, 2.05) is 0 Å². The molecule has 0 saturated carbocycles. The fourth-order valence-corrected chi connectivity index (χ4v) is 2.81. The Morgan fingerprint density at radius 3 is 2.65 bits per heavy atom. The van der Waals surface area contributed by atoms with Crippen molar-refractivity contribution in [1.29, 1.82) is 0 Å². The van der Waals surface area contributed by atoms with Gasteiger partial charge in [-0.1, -0.05) is 20.3 Å². The second-order valence-corrected chi connectivity index (χ2v) is 7.64. The average molecular weight is 262 g/mol. The lowest BCUT2D eigenvalue weighted by Gasteiger charge is -2.36. The van der Waals surface area contributed by atoms with Crippen molar-refractivity contribution >= 4 is 9.84 Å². The van der Waals surface area contributed by atoms with Gasteiger partial charge in [0.05, 0.1) is 5.75 Å². The molecule has 0 bridgehead atoms. The molecule has 0 spiro atoms. The van der Waals surface area contributed by atoms with E-state index in [0.717, 1.165) is 13.1 Å². The second-order valence-electron chi connectivity index (χ2n) is 5.38. The predicted molar refractivity (Wildman–Crippen MR) is 72.1 cm³/mol. The topological polar surface area (TPSA) is 49.4 Å². The summed E-state index contributed by atoms with van der Waals surface area (Å²) in [4.78, 5) is 2.33. The average Bonchev–Trinajstić information content (AvgIpc) is 2.23. The summed E-state index contributed by atoms with van der Waals surface area (Å²) >= 11 is 0. The van der Waals surface area contributed by atoms with Gasteiger partial charge in [-0.3, -0.25) is 4.90 Å². The van der Waals surface area contributed by atoms with Crippen LogP contribution >= 0.6 is 0 Å². The van der Waals surface area contributed by atoms with Gasteiger partial charge in [-0.25, -0.2) is 8.42 Å². The van der Waals surface area contributed by atoms with Crippen LogP contribution in [0.2, 0.25) is 0 Å². The van der Waals surface area contributed by atoms with E-state index in [9.17, 15) is 8.42 Å². The van der Waals surface area contributed by atoms with Gasteiger partial charge in [0.15, 0.2) is 0 Å². The molecule has 1 saturated heterocycles. The van der Waals surface area contributed by atoms with Crippen LogP contribution in [0, 0.1) is 0 Å². The second kappa shape index (κ2) is 6.71. The maximum atomic E-state index is 11.2. The van der Waals surface area contributed by atoms with Gasteiger partial charge in [-0.05, 0) is 19.4 Å². The monoisotopic (exact) mass is 262 g/mol. The molecule has 1 unspecified atom stereocenters. The summed E-state index contributed by atoms with van der Waals surface area (Å²) in [6, 6.07) is 1.00. The minimum absolute atomic E-state index is 0.283. The van der Waals surface area contributed by atoms with Gasteiger partial charge >= 0.3 is 0 Å². The van der Waals surface area contributed by atoms with Crippen molar-refractivity contribution in [1.82, 2.24) is 10.2 Å². The fraction of sp³-hybridized carbons (Fsp3) is 1.00. The number of rotatable bonds is 6. The van der Waals surface area contributed by atoms with Crippen molar-refractivity contribution in [2.24, 2.45) is 0 Å². The molecule has 0 aromatic rings. The van der Waals surface area contributed by atoms with Crippen LogP contribution < -0.4 is 5.32 Å². The normalized spacial score (nSPS) is 23.2. The van der Waals surface area contributed by atoms with Crippen molar-refractivity contribution in [3.05, 3.63) is 0 Å². The van der Waals surface area contributed by atoms with Crippen LogP contribution in [0.1, 0.15) is 33.1 Å². The summed E-state index contributed by atoms with van der Waals surface area (Å²) in [5.41, 5.74) is 0. The van der Waals surface area contributed by atoms with Gasteiger partial charge in [-0.15, -0.1) is 0 Å². The lowest BCUT2D eigenvalue weighted by atomic mass is 10.0. The highest BCUT2D eigenvalue weighted by atomic mass is 32.2. The van der Waals surface area contributed by atoms with Crippen molar-refractivity contribution in [3.8, 4) is 0 Å². The highest BCUT2D eigenvalue weighted by molar-refractivity contribution is 7.90. The number of likely N-dealkylation sites (tertiary alicyclic amines) is 1. The number of hydrogen-bond donors (Lipinski definition) is 1. The Kier molecular flexibility index (Phi) is 5.89. The summed E-state index contributed by atoms with van der Waals surface area (Å²) in [6.07, 6.45) is 4.96. The molecule has 0 radical (unpaired) electrons. The van der Waals surface area contributed by atoms with E-state index in [1.54, 1.807) is 0 Å². The number of nitrogens with one attached hydrogen (secondary N) is 1. The molecule has 1 atom stereocenters. The third kappa shape index (κ3) is 6.38. The van der Waals surface area contributed by atoms with E-state index in [2.05, 4.69) is 24.1 Å². The van der Waals surface area contributed by atoms with Gasteiger partial charge in [0, 0.05) is 31.4 Å². The van der Waals surface area contributed by atoms with Crippen molar-refractivity contribution in [2.75, 3.05) is 31.6 Å². The molecule has 1 fully saturated rings. The fourth-order valence-electron chi connectivity index (χ4n) is 2.24. The van der Waals surface area contributed by atoms with Gasteiger partial charge in [0.2, 0.25) is 0 Å². The van der Waals surface area contributed by atoms with Crippen molar-refractivity contribution < 1.29 is 8.42 Å². The summed E-state index contributed by atoms with van der Waals surface area (Å²) in [5.74, 6) is 0.283. The summed E-state index contributed by atoms with van der Waals surface area (Å²) in [6.45, 7) is 6.98. The number of sulfone groups is 1. The Hall–Kier alpha value is -0.130. The molecule has 0 amide bonds.